The number of rotatable bonds is 6. The number of nitrogens with one attached hydrogen (secondary N) is 1. The summed E-state index contributed by atoms with van der Waals surface area (Å²) in [6, 6.07) is 15.3. The number of hydrogen-bond donors (Lipinski definition) is 2. The summed E-state index contributed by atoms with van der Waals surface area (Å²) >= 11 is 0. The van der Waals surface area contributed by atoms with Crippen LogP contribution in [0, 0.1) is 0 Å². The molecule has 1 saturated heterocycles. The molecule has 1 heterocycles. The number of fused-ring (bicyclic) bond motifs is 3. The molecule has 0 aromatic heterocycles. The van der Waals surface area contributed by atoms with E-state index in [0.717, 1.165) is 22.3 Å². The maximum absolute atomic E-state index is 13.0. The standard InChI is InChI=1S/C25H28N2O6/c1-3-21(22(28)27-12-13-33-25(2,15-27)23(29)30)26-24(31)32-14-20-18-10-6-4-8-16(18)17-9-5-7-11-19(17)20/h4-11,20-21H,3,12-15H2,1-2H3,(H,26,31)(H,29,30)/t21-,25?/m1/s1. The molecular weight excluding hydrogens is 424 g/mol. The van der Waals surface area contributed by atoms with Crippen LogP contribution in [-0.4, -0.2) is 65.9 Å². The Morgan fingerprint density at radius 1 is 1.15 bits per heavy atom. The summed E-state index contributed by atoms with van der Waals surface area (Å²) < 4.78 is 10.9. The van der Waals surface area contributed by atoms with Crippen molar-refractivity contribution in [2.45, 2.75) is 37.8 Å². The monoisotopic (exact) mass is 452 g/mol. The van der Waals surface area contributed by atoms with Crippen molar-refractivity contribution in [3.63, 3.8) is 0 Å². The number of ether oxygens (including phenoxy) is 2. The third-order valence-electron chi connectivity index (χ3n) is 6.38. The van der Waals surface area contributed by atoms with Gasteiger partial charge in [0.1, 0.15) is 12.6 Å². The number of alkyl carbamates (subject to hydrolysis) is 1. The number of aliphatic carboxylic acids is 1. The van der Waals surface area contributed by atoms with E-state index in [0.29, 0.717) is 6.42 Å². The first-order chi connectivity index (χ1) is 15.8. The summed E-state index contributed by atoms with van der Waals surface area (Å²) in [7, 11) is 0. The molecule has 174 valence electrons. The molecule has 0 radical (unpaired) electrons. The Morgan fingerprint density at radius 2 is 1.76 bits per heavy atom. The van der Waals surface area contributed by atoms with Crippen LogP contribution in [0.3, 0.4) is 0 Å². The first kappa shape index (κ1) is 22.8. The largest absolute Gasteiger partial charge is 0.479 e. The molecule has 8 nitrogen and oxygen atoms in total. The van der Waals surface area contributed by atoms with Gasteiger partial charge in [0.25, 0.3) is 0 Å². The summed E-state index contributed by atoms with van der Waals surface area (Å²) in [6.45, 7) is 3.68. The van der Waals surface area contributed by atoms with Crippen LogP contribution >= 0.6 is 0 Å². The highest BCUT2D eigenvalue weighted by Gasteiger charge is 2.42. The van der Waals surface area contributed by atoms with Crippen LogP contribution in [0.1, 0.15) is 37.3 Å². The highest BCUT2D eigenvalue weighted by atomic mass is 16.5. The molecule has 0 saturated carbocycles. The lowest BCUT2D eigenvalue weighted by Crippen LogP contribution is -2.59. The maximum Gasteiger partial charge on any atom is 0.407 e. The predicted molar refractivity (Wildman–Crippen MR) is 121 cm³/mol. The van der Waals surface area contributed by atoms with Gasteiger partial charge in [-0.05, 0) is 35.6 Å². The second-order valence-corrected chi connectivity index (χ2v) is 8.57. The number of carboxylic acids is 1. The van der Waals surface area contributed by atoms with Gasteiger partial charge in [0.15, 0.2) is 5.60 Å². The minimum absolute atomic E-state index is 0.0746. The van der Waals surface area contributed by atoms with Crippen LogP contribution in [0.15, 0.2) is 48.5 Å². The molecule has 2 aliphatic rings. The van der Waals surface area contributed by atoms with E-state index >= 15 is 0 Å². The average Bonchev–Trinajstić information content (AvgIpc) is 3.14. The number of hydrogen-bond acceptors (Lipinski definition) is 5. The van der Waals surface area contributed by atoms with Crippen LogP contribution in [0.5, 0.6) is 0 Å². The van der Waals surface area contributed by atoms with E-state index in [-0.39, 0.29) is 38.1 Å². The van der Waals surface area contributed by atoms with Crippen LogP contribution in [-0.2, 0) is 19.1 Å². The predicted octanol–water partition coefficient (Wildman–Crippen LogP) is 3.01. The van der Waals surface area contributed by atoms with Gasteiger partial charge in [-0.15, -0.1) is 0 Å². The van der Waals surface area contributed by atoms with Crippen molar-refractivity contribution < 1.29 is 29.0 Å². The Hall–Kier alpha value is -3.39. The van der Waals surface area contributed by atoms with Gasteiger partial charge in [0.05, 0.1) is 13.2 Å². The summed E-state index contributed by atoms with van der Waals surface area (Å²) in [6.07, 6.45) is -0.323. The van der Waals surface area contributed by atoms with Gasteiger partial charge >= 0.3 is 12.1 Å². The molecule has 2 N–H and O–H groups in total. The smallest absolute Gasteiger partial charge is 0.407 e. The van der Waals surface area contributed by atoms with Crippen LogP contribution in [0.25, 0.3) is 11.1 Å². The zero-order valence-corrected chi connectivity index (χ0v) is 18.7. The molecule has 1 fully saturated rings. The Balaban J connectivity index is 1.39. The van der Waals surface area contributed by atoms with E-state index in [1.807, 2.05) is 36.4 Å². The molecule has 2 atom stereocenters. The number of carbonyl (C=O) groups excluding carboxylic acids is 2. The number of morpholine rings is 1. The molecule has 8 heteroatoms. The third-order valence-corrected chi connectivity index (χ3v) is 6.38. The van der Waals surface area contributed by atoms with Crippen LogP contribution < -0.4 is 5.32 Å². The second kappa shape index (κ2) is 9.23. The van der Waals surface area contributed by atoms with Crippen LogP contribution in [0.4, 0.5) is 4.79 Å². The number of carbonyl (C=O) groups is 3. The zero-order chi connectivity index (χ0) is 23.6. The van der Waals surface area contributed by atoms with Crippen molar-refractivity contribution in [1.82, 2.24) is 10.2 Å². The molecule has 4 rings (SSSR count). The fourth-order valence-electron chi connectivity index (χ4n) is 4.53. The van der Waals surface area contributed by atoms with Crippen molar-refractivity contribution in [1.29, 1.82) is 0 Å². The van der Waals surface area contributed by atoms with Crippen molar-refractivity contribution >= 4 is 18.0 Å². The lowest BCUT2D eigenvalue weighted by Gasteiger charge is -2.38. The van der Waals surface area contributed by atoms with Crippen molar-refractivity contribution in [3.05, 3.63) is 59.7 Å². The second-order valence-electron chi connectivity index (χ2n) is 8.57. The Bertz CT molecular complexity index is 1020. The van der Waals surface area contributed by atoms with Gasteiger partial charge in [-0.3, -0.25) is 4.79 Å². The van der Waals surface area contributed by atoms with E-state index in [1.165, 1.54) is 11.8 Å². The van der Waals surface area contributed by atoms with Crippen molar-refractivity contribution in [3.8, 4) is 11.1 Å². The van der Waals surface area contributed by atoms with E-state index in [4.69, 9.17) is 9.47 Å². The van der Waals surface area contributed by atoms with E-state index in [1.54, 1.807) is 6.92 Å². The van der Waals surface area contributed by atoms with E-state index < -0.39 is 23.7 Å². The molecule has 2 aromatic rings. The topological polar surface area (TPSA) is 105 Å². The van der Waals surface area contributed by atoms with Crippen molar-refractivity contribution in [2.75, 3.05) is 26.3 Å². The fourth-order valence-corrected chi connectivity index (χ4v) is 4.53. The Kier molecular flexibility index (Phi) is 6.37. The third kappa shape index (κ3) is 4.43. The summed E-state index contributed by atoms with van der Waals surface area (Å²) in [5.74, 6) is -1.55. The molecular formula is C25H28N2O6. The van der Waals surface area contributed by atoms with E-state index in [9.17, 15) is 19.5 Å². The Morgan fingerprint density at radius 3 is 2.33 bits per heavy atom. The first-order valence-electron chi connectivity index (χ1n) is 11.1. The summed E-state index contributed by atoms with van der Waals surface area (Å²) in [4.78, 5) is 38.5. The molecule has 33 heavy (non-hydrogen) atoms. The van der Waals surface area contributed by atoms with Gasteiger partial charge in [0, 0.05) is 12.5 Å². The Labute approximate surface area is 192 Å². The van der Waals surface area contributed by atoms with Crippen molar-refractivity contribution in [2.24, 2.45) is 0 Å². The minimum atomic E-state index is -1.46. The minimum Gasteiger partial charge on any atom is -0.479 e. The molecule has 2 amide bonds. The highest BCUT2D eigenvalue weighted by Crippen LogP contribution is 2.44. The van der Waals surface area contributed by atoms with Gasteiger partial charge in [-0.2, -0.15) is 0 Å². The van der Waals surface area contributed by atoms with Crippen LogP contribution in [0.2, 0.25) is 0 Å². The zero-order valence-electron chi connectivity index (χ0n) is 18.7. The molecule has 1 aliphatic heterocycles. The SMILES string of the molecule is CC[C@@H](NC(=O)OCC1c2ccccc2-c2ccccc21)C(=O)N1CCOC(C)(C(=O)O)C1. The van der Waals surface area contributed by atoms with Gasteiger partial charge in [-0.25, -0.2) is 9.59 Å². The van der Waals surface area contributed by atoms with E-state index in [2.05, 4.69) is 17.4 Å². The number of carboxylic acid groups (broad SMARTS) is 1. The number of nitrogens with zero attached hydrogens (tertiary/aromatic N) is 1. The van der Waals surface area contributed by atoms with Gasteiger partial charge in [-0.1, -0.05) is 55.5 Å². The van der Waals surface area contributed by atoms with Gasteiger partial charge in [0.2, 0.25) is 5.91 Å². The maximum atomic E-state index is 13.0. The molecule has 0 bridgehead atoms. The first-order valence-corrected chi connectivity index (χ1v) is 11.1. The van der Waals surface area contributed by atoms with Gasteiger partial charge < -0.3 is 24.8 Å². The summed E-state index contributed by atoms with van der Waals surface area (Å²) in [5.41, 5.74) is 3.03. The number of amides is 2. The fraction of sp³-hybridized carbons (Fsp3) is 0.400. The molecule has 2 aromatic carbocycles. The molecule has 1 aliphatic carbocycles. The number of benzene rings is 2. The summed E-state index contributed by atoms with van der Waals surface area (Å²) in [5, 5.41) is 12.1. The lowest BCUT2D eigenvalue weighted by molar-refractivity contribution is -0.177. The molecule has 0 spiro atoms. The molecule has 1 unspecified atom stereocenters. The average molecular weight is 453 g/mol. The highest BCUT2D eigenvalue weighted by molar-refractivity contribution is 5.87. The normalized spacial score (nSPS) is 20.5. The quantitative estimate of drug-likeness (QED) is 0.698. The lowest BCUT2D eigenvalue weighted by atomic mass is 9.98.